The first-order chi connectivity index (χ1) is 10.9. The standard InChI is InChI=1S/C17H15NO4S/c1-8-13(16(19)20)15(14(17(21)22)9(2)18-8)11-4-3-5-12-10(11)6-7-23-12/h3-7,15,18H,1-2H3,(H,19,20)(H,21,22). The zero-order chi connectivity index (χ0) is 16.7. The van der Waals surface area contributed by atoms with Crippen LogP contribution in [0.15, 0.2) is 52.2 Å². The second-order valence-electron chi connectivity index (χ2n) is 5.43. The van der Waals surface area contributed by atoms with Gasteiger partial charge in [-0.2, -0.15) is 0 Å². The van der Waals surface area contributed by atoms with E-state index >= 15 is 0 Å². The highest BCUT2D eigenvalue weighted by atomic mass is 32.1. The van der Waals surface area contributed by atoms with Crippen LogP contribution in [0.25, 0.3) is 10.1 Å². The number of aliphatic carboxylic acids is 2. The average Bonchev–Trinajstić information content (AvgIpc) is 2.93. The van der Waals surface area contributed by atoms with Gasteiger partial charge in [0, 0.05) is 16.1 Å². The van der Waals surface area contributed by atoms with Gasteiger partial charge in [-0.05, 0) is 42.3 Å². The highest BCUT2D eigenvalue weighted by Crippen LogP contribution is 2.41. The van der Waals surface area contributed by atoms with Crippen LogP contribution in [-0.2, 0) is 9.59 Å². The number of hydrogen-bond donors (Lipinski definition) is 3. The van der Waals surface area contributed by atoms with E-state index in [-0.39, 0.29) is 11.1 Å². The first-order valence-electron chi connectivity index (χ1n) is 7.03. The monoisotopic (exact) mass is 329 g/mol. The SMILES string of the molecule is CC1=C(C(=O)O)C(c2cccc3sccc23)C(C(=O)O)=C(C)N1. The predicted octanol–water partition coefficient (Wildman–Crippen LogP) is 3.31. The molecule has 0 amide bonds. The smallest absolute Gasteiger partial charge is 0.334 e. The molecule has 1 aromatic carbocycles. The van der Waals surface area contributed by atoms with E-state index in [1.54, 1.807) is 31.3 Å². The third-order valence-corrected chi connectivity index (χ3v) is 4.94. The summed E-state index contributed by atoms with van der Waals surface area (Å²) in [5.74, 6) is -3.03. The molecule has 0 atom stereocenters. The van der Waals surface area contributed by atoms with Gasteiger partial charge in [0.25, 0.3) is 0 Å². The number of hydrogen-bond acceptors (Lipinski definition) is 4. The maximum Gasteiger partial charge on any atom is 0.334 e. The highest BCUT2D eigenvalue weighted by molar-refractivity contribution is 7.17. The minimum Gasteiger partial charge on any atom is -0.478 e. The number of carboxylic acids is 2. The summed E-state index contributed by atoms with van der Waals surface area (Å²) in [5.41, 5.74) is 1.80. The van der Waals surface area contributed by atoms with Gasteiger partial charge in [-0.15, -0.1) is 11.3 Å². The average molecular weight is 329 g/mol. The number of nitrogens with one attached hydrogen (secondary N) is 1. The molecule has 3 N–H and O–H groups in total. The van der Waals surface area contributed by atoms with Crippen molar-refractivity contribution < 1.29 is 19.8 Å². The molecular weight excluding hydrogens is 314 g/mol. The molecule has 118 valence electrons. The number of rotatable bonds is 3. The molecule has 0 fully saturated rings. The maximum atomic E-state index is 11.8. The van der Waals surface area contributed by atoms with Crippen LogP contribution < -0.4 is 5.32 Å². The summed E-state index contributed by atoms with van der Waals surface area (Å²) >= 11 is 1.54. The zero-order valence-electron chi connectivity index (χ0n) is 12.6. The third-order valence-electron chi connectivity index (χ3n) is 4.06. The van der Waals surface area contributed by atoms with E-state index in [2.05, 4.69) is 5.32 Å². The van der Waals surface area contributed by atoms with Gasteiger partial charge in [0.15, 0.2) is 0 Å². The number of carbonyl (C=O) groups is 2. The number of thiophene rings is 1. The summed E-state index contributed by atoms with van der Waals surface area (Å²) in [6.45, 7) is 3.32. The van der Waals surface area contributed by atoms with Gasteiger partial charge in [0.05, 0.1) is 17.1 Å². The fourth-order valence-corrected chi connectivity index (χ4v) is 3.96. The number of allylic oxidation sites excluding steroid dienone is 2. The van der Waals surface area contributed by atoms with Crippen molar-refractivity contribution in [1.82, 2.24) is 5.32 Å². The molecule has 0 saturated carbocycles. The van der Waals surface area contributed by atoms with Crippen LogP contribution in [0.1, 0.15) is 25.3 Å². The Kier molecular flexibility index (Phi) is 3.69. The van der Waals surface area contributed by atoms with Gasteiger partial charge >= 0.3 is 11.9 Å². The lowest BCUT2D eigenvalue weighted by molar-refractivity contribution is -0.133. The van der Waals surface area contributed by atoms with E-state index in [1.165, 1.54) is 0 Å². The summed E-state index contributed by atoms with van der Waals surface area (Å²) in [5, 5.41) is 25.0. The van der Waals surface area contributed by atoms with Crippen molar-refractivity contribution in [3.05, 3.63) is 57.7 Å². The van der Waals surface area contributed by atoms with Crippen LogP contribution in [-0.4, -0.2) is 22.2 Å². The molecule has 23 heavy (non-hydrogen) atoms. The molecule has 2 heterocycles. The normalized spacial score (nSPS) is 15.9. The number of dihydropyridines is 1. The van der Waals surface area contributed by atoms with Crippen LogP contribution in [0.4, 0.5) is 0 Å². The molecule has 1 aromatic heterocycles. The van der Waals surface area contributed by atoms with Gasteiger partial charge in [-0.1, -0.05) is 12.1 Å². The lowest BCUT2D eigenvalue weighted by Crippen LogP contribution is -2.31. The third kappa shape index (κ3) is 2.41. The van der Waals surface area contributed by atoms with E-state index in [4.69, 9.17) is 0 Å². The van der Waals surface area contributed by atoms with Gasteiger partial charge in [-0.3, -0.25) is 0 Å². The zero-order valence-corrected chi connectivity index (χ0v) is 13.4. The fraction of sp³-hybridized carbons (Fsp3) is 0.176. The number of fused-ring (bicyclic) bond motifs is 1. The minimum absolute atomic E-state index is 0.0756. The number of carboxylic acid groups (broad SMARTS) is 2. The molecule has 2 aromatic rings. The van der Waals surface area contributed by atoms with Gasteiger partial charge in [0.1, 0.15) is 0 Å². The Balaban J connectivity index is 2.33. The van der Waals surface area contributed by atoms with Crippen molar-refractivity contribution in [2.75, 3.05) is 0 Å². The maximum absolute atomic E-state index is 11.8. The van der Waals surface area contributed by atoms with Crippen LogP contribution in [0.2, 0.25) is 0 Å². The number of benzene rings is 1. The lowest BCUT2D eigenvalue weighted by Gasteiger charge is -2.29. The van der Waals surface area contributed by atoms with E-state index in [9.17, 15) is 19.8 Å². The fourth-order valence-electron chi connectivity index (χ4n) is 3.14. The van der Waals surface area contributed by atoms with Crippen molar-refractivity contribution in [1.29, 1.82) is 0 Å². The first-order valence-corrected chi connectivity index (χ1v) is 7.91. The largest absolute Gasteiger partial charge is 0.478 e. The lowest BCUT2D eigenvalue weighted by atomic mass is 9.79. The second-order valence-corrected chi connectivity index (χ2v) is 6.37. The van der Waals surface area contributed by atoms with E-state index in [0.29, 0.717) is 17.0 Å². The minimum atomic E-state index is -1.11. The van der Waals surface area contributed by atoms with Crippen LogP contribution in [0, 0.1) is 0 Å². The molecule has 0 unspecified atom stereocenters. The van der Waals surface area contributed by atoms with Crippen molar-refractivity contribution in [3.8, 4) is 0 Å². The Morgan fingerprint density at radius 3 is 2.22 bits per heavy atom. The van der Waals surface area contributed by atoms with Crippen molar-refractivity contribution in [2.24, 2.45) is 0 Å². The van der Waals surface area contributed by atoms with Gasteiger partial charge < -0.3 is 15.5 Å². The molecule has 6 heteroatoms. The van der Waals surface area contributed by atoms with Crippen LogP contribution in [0.3, 0.4) is 0 Å². The van der Waals surface area contributed by atoms with Crippen molar-refractivity contribution in [3.63, 3.8) is 0 Å². The summed E-state index contributed by atoms with van der Waals surface area (Å²) in [4.78, 5) is 23.6. The Morgan fingerprint density at radius 2 is 1.65 bits per heavy atom. The highest BCUT2D eigenvalue weighted by Gasteiger charge is 2.37. The summed E-state index contributed by atoms with van der Waals surface area (Å²) in [6, 6.07) is 7.48. The van der Waals surface area contributed by atoms with E-state index < -0.39 is 17.9 Å². The summed E-state index contributed by atoms with van der Waals surface area (Å²) in [6.07, 6.45) is 0. The molecule has 3 rings (SSSR count). The quantitative estimate of drug-likeness (QED) is 0.804. The summed E-state index contributed by atoms with van der Waals surface area (Å²) < 4.78 is 1.01. The predicted molar refractivity (Wildman–Crippen MR) is 88.4 cm³/mol. The second kappa shape index (κ2) is 5.55. The Morgan fingerprint density at radius 1 is 1.04 bits per heavy atom. The molecule has 0 aliphatic carbocycles. The van der Waals surface area contributed by atoms with Gasteiger partial charge in [-0.25, -0.2) is 9.59 Å². The van der Waals surface area contributed by atoms with Crippen LogP contribution in [0.5, 0.6) is 0 Å². The topological polar surface area (TPSA) is 86.6 Å². The molecular formula is C17H15NO4S. The molecule has 1 aliphatic heterocycles. The van der Waals surface area contributed by atoms with E-state index in [0.717, 1.165) is 10.1 Å². The summed E-state index contributed by atoms with van der Waals surface area (Å²) in [7, 11) is 0. The molecule has 0 bridgehead atoms. The first kappa shape index (κ1) is 15.3. The Bertz CT molecular complexity index is 855. The Labute approximate surface area is 136 Å². The molecule has 5 nitrogen and oxygen atoms in total. The molecule has 0 saturated heterocycles. The van der Waals surface area contributed by atoms with Gasteiger partial charge in [0.2, 0.25) is 0 Å². The molecule has 1 aliphatic rings. The van der Waals surface area contributed by atoms with Crippen LogP contribution >= 0.6 is 11.3 Å². The Hall–Kier alpha value is -2.60. The van der Waals surface area contributed by atoms with Crippen molar-refractivity contribution >= 4 is 33.4 Å². The van der Waals surface area contributed by atoms with Crippen molar-refractivity contribution in [2.45, 2.75) is 19.8 Å². The van der Waals surface area contributed by atoms with E-state index in [1.807, 2.05) is 23.6 Å². The molecule has 0 spiro atoms. The molecule has 0 radical (unpaired) electrons.